The monoisotopic (exact) mass is 472 g/mol. The maximum atomic E-state index is 13.3. The second-order valence-corrected chi connectivity index (χ2v) is 5.07. The number of hydrogen-bond donors (Lipinski definition) is 0. The molecule has 174 valence electrons. The molecule has 0 fully saturated rings. The Morgan fingerprint density at radius 3 is 1.38 bits per heavy atom. The van der Waals surface area contributed by atoms with Crippen molar-refractivity contribution in [2.75, 3.05) is 6.61 Å². The van der Waals surface area contributed by atoms with Gasteiger partial charge in [0.05, 0.1) is 6.61 Å². The van der Waals surface area contributed by atoms with E-state index < -0.39 is 54.7 Å². The van der Waals surface area contributed by atoms with Crippen LogP contribution >= 0.6 is 0 Å². The third-order valence-electron chi connectivity index (χ3n) is 2.85. The average Bonchev–Trinajstić information content (AvgIpc) is 2.49. The van der Waals surface area contributed by atoms with Crippen LogP contribution in [0.3, 0.4) is 0 Å². The first-order valence-electron chi connectivity index (χ1n) is 6.65. The molecule has 0 atom stereocenters. The Kier molecular flexibility index (Phi) is 7.15. The Labute approximate surface area is 149 Å². The molecule has 0 saturated heterocycles. The zero-order valence-electron chi connectivity index (χ0n) is 13.3. The van der Waals surface area contributed by atoms with Gasteiger partial charge in [0.25, 0.3) is 0 Å². The fourth-order valence-corrected chi connectivity index (χ4v) is 1.31. The molecule has 0 amide bonds. The molecule has 0 aromatic heterocycles. The average molecular weight is 472 g/mol. The molecule has 0 saturated carbocycles. The van der Waals surface area contributed by atoms with Crippen molar-refractivity contribution in [2.45, 2.75) is 55.4 Å². The lowest BCUT2D eigenvalue weighted by atomic mass is 10.0. The van der Waals surface area contributed by atoms with E-state index in [1.54, 1.807) is 0 Å². The summed E-state index contributed by atoms with van der Waals surface area (Å²) in [6.07, 6.45) is -23.4. The number of halogens is 15. The summed E-state index contributed by atoms with van der Waals surface area (Å²) < 4.78 is 196. The van der Waals surface area contributed by atoms with E-state index in [0.29, 0.717) is 0 Å². The molecule has 0 aliphatic carbocycles. The normalized spacial score (nSPS) is 15.4. The topological polar surface area (TPSA) is 35.5 Å². The van der Waals surface area contributed by atoms with E-state index in [2.05, 4.69) is 4.74 Å². The van der Waals surface area contributed by atoms with Crippen molar-refractivity contribution >= 4 is 5.97 Å². The predicted octanol–water partition coefficient (Wildman–Crippen LogP) is 5.25. The van der Waals surface area contributed by atoms with Crippen molar-refractivity contribution in [1.82, 2.24) is 0 Å². The number of rotatable bonds is 8. The maximum Gasteiger partial charge on any atom is 0.458 e. The Morgan fingerprint density at radius 2 is 1.07 bits per heavy atom. The van der Waals surface area contributed by atoms with Crippen LogP contribution in [0.15, 0.2) is 0 Å². The Morgan fingerprint density at radius 1 is 0.690 bits per heavy atom. The summed E-state index contributed by atoms with van der Waals surface area (Å²) in [7, 11) is 0. The third-order valence-corrected chi connectivity index (χ3v) is 2.85. The van der Waals surface area contributed by atoms with Gasteiger partial charge in [-0.15, -0.1) is 0 Å². The molecule has 0 aliphatic rings. The summed E-state index contributed by atoms with van der Waals surface area (Å²) in [6, 6.07) is 0. The highest BCUT2D eigenvalue weighted by Gasteiger charge is 2.88. The van der Waals surface area contributed by atoms with E-state index in [0.717, 1.165) is 6.92 Å². The van der Waals surface area contributed by atoms with Crippen LogP contribution < -0.4 is 0 Å². The molecular formula is C11H7F15O3. The van der Waals surface area contributed by atoms with Crippen molar-refractivity contribution in [3.05, 3.63) is 0 Å². The van der Waals surface area contributed by atoms with E-state index in [9.17, 15) is 70.7 Å². The van der Waals surface area contributed by atoms with Gasteiger partial charge in [-0.3, -0.25) is 4.74 Å². The largest absolute Gasteiger partial charge is 0.461 e. The fraction of sp³-hybridized carbons (Fsp3) is 0.909. The Bertz CT molecular complexity index is 577. The number of carbonyl (C=O) groups excluding carboxylic acids is 1. The first-order chi connectivity index (χ1) is 12.4. The minimum absolute atomic E-state index is 0.384. The van der Waals surface area contributed by atoms with Gasteiger partial charge in [-0.1, -0.05) is 6.92 Å². The number of alkyl halides is 15. The maximum absolute atomic E-state index is 13.3. The smallest absolute Gasteiger partial charge is 0.458 e. The highest BCUT2D eigenvalue weighted by atomic mass is 19.4. The molecule has 0 rings (SSSR count). The van der Waals surface area contributed by atoms with Crippen molar-refractivity contribution in [3.63, 3.8) is 0 Å². The summed E-state index contributed by atoms with van der Waals surface area (Å²) in [5.41, 5.74) is 0. The molecule has 0 bridgehead atoms. The lowest BCUT2D eigenvalue weighted by molar-refractivity contribution is -0.519. The van der Waals surface area contributed by atoms with E-state index >= 15 is 0 Å². The van der Waals surface area contributed by atoms with Crippen LogP contribution in [0, 0.1) is 0 Å². The molecule has 0 radical (unpaired) electrons. The molecule has 0 unspecified atom stereocenters. The minimum Gasteiger partial charge on any atom is -0.461 e. The summed E-state index contributed by atoms with van der Waals surface area (Å²) in [6.45, 7) is -0.0754. The first-order valence-corrected chi connectivity index (χ1v) is 6.65. The van der Waals surface area contributed by atoms with E-state index in [-0.39, 0.29) is 6.42 Å². The number of hydrogen-bond acceptors (Lipinski definition) is 3. The van der Waals surface area contributed by atoms with Gasteiger partial charge < -0.3 is 4.74 Å². The molecule has 29 heavy (non-hydrogen) atoms. The molecule has 0 heterocycles. The first kappa shape index (κ1) is 27.4. The summed E-state index contributed by atoms with van der Waals surface area (Å²) in [4.78, 5) is 10.7. The zero-order chi connectivity index (χ0) is 23.9. The van der Waals surface area contributed by atoms with Gasteiger partial charge in [-0.05, 0) is 6.42 Å². The van der Waals surface area contributed by atoms with Gasteiger partial charge in [0.2, 0.25) is 0 Å². The number of carbonyl (C=O) groups is 1. The lowest BCUT2D eigenvalue weighted by Gasteiger charge is -2.38. The second-order valence-electron chi connectivity index (χ2n) is 5.07. The Balaban J connectivity index is 6.29. The van der Waals surface area contributed by atoms with Crippen molar-refractivity contribution in [3.8, 4) is 0 Å². The molecule has 18 heteroatoms. The SMILES string of the molecule is CCCOC(=O)C(F)(F)C(F)(F)C(F)(F)C(F)(F)OC(F)(C(F)(F)F)C(F)(F)F. The molecule has 0 aromatic rings. The molecule has 3 nitrogen and oxygen atoms in total. The summed E-state index contributed by atoms with van der Waals surface area (Å²) >= 11 is 0. The number of ether oxygens (including phenoxy) is 2. The van der Waals surface area contributed by atoms with Gasteiger partial charge in [-0.2, -0.15) is 65.9 Å². The molecule has 0 aliphatic heterocycles. The van der Waals surface area contributed by atoms with Crippen LogP contribution in [-0.4, -0.2) is 54.7 Å². The summed E-state index contributed by atoms with van der Waals surface area (Å²) in [5.74, 6) is -33.8. The standard InChI is InChI=1S/C11H7F15O3/c1-2-3-28-4(27)5(12,13)6(14,15)7(16,17)11(25,26)29-8(18,9(19,20)21)10(22,23)24/h2-3H2,1H3. The van der Waals surface area contributed by atoms with Crippen LogP contribution in [0.4, 0.5) is 65.9 Å². The Hall–Kier alpha value is -1.62. The van der Waals surface area contributed by atoms with Crippen LogP contribution in [0.2, 0.25) is 0 Å². The van der Waals surface area contributed by atoms with Crippen molar-refractivity contribution in [1.29, 1.82) is 0 Å². The van der Waals surface area contributed by atoms with Gasteiger partial charge in [0.1, 0.15) is 0 Å². The zero-order valence-corrected chi connectivity index (χ0v) is 13.3. The fourth-order valence-electron chi connectivity index (χ4n) is 1.31. The van der Waals surface area contributed by atoms with Crippen LogP contribution in [0.25, 0.3) is 0 Å². The number of esters is 1. The van der Waals surface area contributed by atoms with E-state index in [4.69, 9.17) is 0 Å². The quantitative estimate of drug-likeness (QED) is 0.358. The van der Waals surface area contributed by atoms with Crippen LogP contribution in [0.5, 0.6) is 0 Å². The van der Waals surface area contributed by atoms with Crippen molar-refractivity contribution in [2.24, 2.45) is 0 Å². The molecule has 0 aromatic carbocycles. The van der Waals surface area contributed by atoms with Gasteiger partial charge >= 0.3 is 48.1 Å². The van der Waals surface area contributed by atoms with Gasteiger partial charge in [0, 0.05) is 0 Å². The summed E-state index contributed by atoms with van der Waals surface area (Å²) in [5, 5.41) is 0. The lowest BCUT2D eigenvalue weighted by Crippen LogP contribution is -2.68. The van der Waals surface area contributed by atoms with Crippen LogP contribution in [-0.2, 0) is 14.3 Å². The second kappa shape index (κ2) is 7.57. The van der Waals surface area contributed by atoms with Gasteiger partial charge in [0.15, 0.2) is 0 Å². The van der Waals surface area contributed by atoms with Gasteiger partial charge in [-0.25, -0.2) is 4.79 Å². The van der Waals surface area contributed by atoms with Crippen molar-refractivity contribution < 1.29 is 80.1 Å². The highest BCUT2D eigenvalue weighted by molar-refractivity contribution is 5.79. The van der Waals surface area contributed by atoms with E-state index in [1.807, 2.05) is 0 Å². The van der Waals surface area contributed by atoms with Crippen LogP contribution in [0.1, 0.15) is 13.3 Å². The highest BCUT2D eigenvalue weighted by Crippen LogP contribution is 2.57. The molecule has 0 N–H and O–H groups in total. The third kappa shape index (κ3) is 4.45. The van der Waals surface area contributed by atoms with E-state index in [1.165, 1.54) is 4.74 Å². The minimum atomic E-state index is -7.98. The molecule has 0 spiro atoms. The predicted molar refractivity (Wildman–Crippen MR) is 58.1 cm³/mol. The molecular weight excluding hydrogens is 465 g/mol.